The molecule has 2 N–H and O–H groups in total. The van der Waals surface area contributed by atoms with Crippen molar-refractivity contribution >= 4 is 46.3 Å². The summed E-state index contributed by atoms with van der Waals surface area (Å²) >= 11 is 2.08. The molecule has 2 aromatic carbocycles. The van der Waals surface area contributed by atoms with Crippen molar-refractivity contribution in [2.75, 3.05) is 4.90 Å². The van der Waals surface area contributed by atoms with Gasteiger partial charge in [0.25, 0.3) is 5.69 Å². The smallest absolute Gasteiger partial charge is 0.305 e. The summed E-state index contributed by atoms with van der Waals surface area (Å²) in [6, 6.07) is 11.7. The van der Waals surface area contributed by atoms with Crippen LogP contribution in [-0.2, 0) is 9.59 Å². The Hall–Kier alpha value is -3.44. The number of imide groups is 1. The standard InChI is InChI=1S/C20H13N3O6S2/c24-12-4-2-1-3-11(12)13-14-16(30-17-15(13)31-20(27)21-17)19(26)22(18(14)25)9-5-7-10(8-6-9)23(28)29/h1-8,13-14,16,24H,(H,21,27)/t13-,14-,16+/m0/s1. The van der Waals surface area contributed by atoms with E-state index in [1.807, 2.05) is 0 Å². The average Bonchev–Trinajstić information content (AvgIpc) is 3.23. The summed E-state index contributed by atoms with van der Waals surface area (Å²) < 4.78 is 0. The number of para-hydroxylation sites is 1. The van der Waals surface area contributed by atoms with Gasteiger partial charge in [-0.1, -0.05) is 41.3 Å². The van der Waals surface area contributed by atoms with Gasteiger partial charge in [0, 0.05) is 28.5 Å². The maximum absolute atomic E-state index is 13.5. The summed E-state index contributed by atoms with van der Waals surface area (Å²) in [5.74, 6) is -2.48. The van der Waals surface area contributed by atoms with Crippen molar-refractivity contribution in [1.82, 2.24) is 4.98 Å². The molecule has 0 radical (unpaired) electrons. The quantitative estimate of drug-likeness (QED) is 0.352. The number of nitrogens with zero attached hydrogens (tertiary/aromatic N) is 2. The minimum Gasteiger partial charge on any atom is -0.508 e. The number of non-ortho nitro benzene ring substituents is 1. The number of nitrogens with one attached hydrogen (secondary N) is 1. The molecule has 0 spiro atoms. The van der Waals surface area contributed by atoms with Gasteiger partial charge in [-0.25, -0.2) is 4.90 Å². The van der Waals surface area contributed by atoms with E-state index in [4.69, 9.17) is 0 Å². The number of carbonyl (C=O) groups is 2. The van der Waals surface area contributed by atoms with Crippen molar-refractivity contribution in [2.45, 2.75) is 16.2 Å². The first-order valence-corrected chi connectivity index (χ1v) is 10.9. The summed E-state index contributed by atoms with van der Waals surface area (Å²) in [6.45, 7) is 0. The number of nitro groups is 1. The molecule has 3 atom stereocenters. The highest BCUT2D eigenvalue weighted by molar-refractivity contribution is 8.00. The van der Waals surface area contributed by atoms with E-state index in [0.29, 0.717) is 15.5 Å². The second-order valence-corrected chi connectivity index (χ2v) is 9.26. The Morgan fingerprint density at radius 2 is 1.74 bits per heavy atom. The third-order valence-electron chi connectivity index (χ3n) is 5.41. The number of phenolic OH excluding ortho intramolecular Hbond substituents is 1. The molecule has 0 aliphatic carbocycles. The van der Waals surface area contributed by atoms with Crippen molar-refractivity contribution in [3.8, 4) is 5.75 Å². The lowest BCUT2D eigenvalue weighted by molar-refractivity contribution is -0.384. The number of aromatic hydroxyl groups is 1. The van der Waals surface area contributed by atoms with E-state index in [0.717, 1.165) is 28.0 Å². The second-order valence-electron chi connectivity index (χ2n) is 7.09. The number of phenols is 1. The second kappa shape index (κ2) is 7.06. The van der Waals surface area contributed by atoms with Gasteiger partial charge in [-0.2, -0.15) is 0 Å². The molecule has 11 heteroatoms. The fourth-order valence-corrected chi connectivity index (χ4v) is 6.59. The molecular formula is C20H13N3O6S2. The molecule has 156 valence electrons. The van der Waals surface area contributed by atoms with Crippen LogP contribution in [0.2, 0.25) is 0 Å². The van der Waals surface area contributed by atoms with Gasteiger partial charge in [-0.05, 0) is 18.2 Å². The number of hydrogen-bond acceptors (Lipinski definition) is 8. The number of hydrogen-bond donors (Lipinski definition) is 2. The summed E-state index contributed by atoms with van der Waals surface area (Å²) in [5, 5.41) is 21.1. The Labute approximate surface area is 182 Å². The zero-order chi connectivity index (χ0) is 21.9. The van der Waals surface area contributed by atoms with Gasteiger partial charge in [-0.15, -0.1) is 0 Å². The Kier molecular flexibility index (Phi) is 4.45. The molecule has 31 heavy (non-hydrogen) atoms. The number of aromatic amines is 1. The SMILES string of the molecule is O=C1[C@H]2[C@H](c3ccccc3O)c3sc(=O)[nH]c3S[C@H]2C(=O)N1c1ccc([N+](=O)[O-])cc1. The van der Waals surface area contributed by atoms with Crippen LogP contribution in [0.1, 0.15) is 16.4 Å². The number of aromatic nitrogens is 1. The fourth-order valence-electron chi connectivity index (χ4n) is 4.08. The van der Waals surface area contributed by atoms with E-state index in [1.54, 1.807) is 18.2 Å². The van der Waals surface area contributed by atoms with E-state index >= 15 is 0 Å². The molecule has 0 bridgehead atoms. The van der Waals surface area contributed by atoms with Crippen LogP contribution in [0.5, 0.6) is 5.75 Å². The predicted molar refractivity (Wildman–Crippen MR) is 114 cm³/mol. The molecule has 3 heterocycles. The van der Waals surface area contributed by atoms with Crippen LogP contribution in [-0.4, -0.2) is 32.1 Å². The van der Waals surface area contributed by atoms with Crippen LogP contribution < -0.4 is 9.77 Å². The molecule has 1 saturated heterocycles. The van der Waals surface area contributed by atoms with E-state index in [-0.39, 0.29) is 22.0 Å². The Bertz CT molecular complexity index is 1300. The van der Waals surface area contributed by atoms with Crippen LogP contribution in [0.3, 0.4) is 0 Å². The minimum atomic E-state index is -0.833. The summed E-state index contributed by atoms with van der Waals surface area (Å²) in [4.78, 5) is 53.2. The molecule has 1 aromatic heterocycles. The van der Waals surface area contributed by atoms with Crippen LogP contribution in [0.25, 0.3) is 0 Å². The van der Waals surface area contributed by atoms with Gasteiger partial charge in [0.15, 0.2) is 0 Å². The molecule has 2 amide bonds. The van der Waals surface area contributed by atoms with Crippen molar-refractivity contribution in [2.24, 2.45) is 5.92 Å². The highest BCUT2D eigenvalue weighted by Crippen LogP contribution is 2.54. The maximum Gasteiger partial charge on any atom is 0.305 e. The van der Waals surface area contributed by atoms with Crippen molar-refractivity contribution in [3.63, 3.8) is 0 Å². The lowest BCUT2D eigenvalue weighted by Crippen LogP contribution is -2.32. The van der Waals surface area contributed by atoms with Gasteiger partial charge < -0.3 is 10.1 Å². The number of rotatable bonds is 3. The number of thioether (sulfide) groups is 1. The fraction of sp³-hybridized carbons (Fsp3) is 0.150. The van der Waals surface area contributed by atoms with Crippen molar-refractivity contribution < 1.29 is 19.6 Å². The van der Waals surface area contributed by atoms with Crippen LogP contribution >= 0.6 is 23.1 Å². The number of carbonyl (C=O) groups excluding carboxylic acids is 2. The Balaban J connectivity index is 1.63. The van der Waals surface area contributed by atoms with Gasteiger partial charge in [0.1, 0.15) is 11.0 Å². The zero-order valence-corrected chi connectivity index (χ0v) is 17.2. The third kappa shape index (κ3) is 2.96. The highest BCUT2D eigenvalue weighted by Gasteiger charge is 2.56. The molecule has 9 nitrogen and oxygen atoms in total. The number of fused-ring (bicyclic) bond motifs is 2. The predicted octanol–water partition coefficient (Wildman–Crippen LogP) is 2.85. The first kappa shape index (κ1) is 19.5. The minimum absolute atomic E-state index is 0.0287. The lowest BCUT2D eigenvalue weighted by atomic mass is 9.82. The molecule has 3 aromatic rings. The summed E-state index contributed by atoms with van der Waals surface area (Å²) in [6.07, 6.45) is 0. The van der Waals surface area contributed by atoms with E-state index in [1.165, 1.54) is 30.3 Å². The van der Waals surface area contributed by atoms with Gasteiger partial charge in [0.2, 0.25) is 11.8 Å². The Morgan fingerprint density at radius 1 is 1.03 bits per heavy atom. The maximum atomic E-state index is 13.5. The molecule has 0 saturated carbocycles. The molecule has 2 aliphatic rings. The number of thiazole rings is 1. The van der Waals surface area contributed by atoms with Crippen LogP contribution in [0.4, 0.5) is 11.4 Å². The van der Waals surface area contributed by atoms with Crippen molar-refractivity contribution in [1.29, 1.82) is 0 Å². The van der Waals surface area contributed by atoms with Gasteiger partial charge in [0.05, 0.1) is 21.6 Å². The zero-order valence-electron chi connectivity index (χ0n) is 15.6. The summed E-state index contributed by atoms with van der Waals surface area (Å²) in [5.41, 5.74) is 0.547. The van der Waals surface area contributed by atoms with Crippen LogP contribution in [0.15, 0.2) is 58.4 Å². The number of amides is 2. The first-order valence-electron chi connectivity index (χ1n) is 9.16. The molecule has 1 fully saturated rings. The molecular weight excluding hydrogens is 442 g/mol. The van der Waals surface area contributed by atoms with Crippen LogP contribution in [0, 0.1) is 16.0 Å². The highest BCUT2D eigenvalue weighted by atomic mass is 32.2. The largest absolute Gasteiger partial charge is 0.508 e. The van der Waals surface area contributed by atoms with E-state index < -0.39 is 33.8 Å². The molecule has 0 unspecified atom stereocenters. The van der Waals surface area contributed by atoms with Crippen molar-refractivity contribution in [3.05, 3.63) is 78.8 Å². The Morgan fingerprint density at radius 3 is 2.42 bits per heavy atom. The monoisotopic (exact) mass is 455 g/mol. The lowest BCUT2D eigenvalue weighted by Gasteiger charge is -2.30. The first-order chi connectivity index (χ1) is 14.9. The topological polar surface area (TPSA) is 134 Å². The third-order valence-corrected chi connectivity index (χ3v) is 7.82. The number of anilines is 1. The average molecular weight is 455 g/mol. The number of H-pyrrole nitrogens is 1. The number of benzene rings is 2. The summed E-state index contributed by atoms with van der Waals surface area (Å²) in [7, 11) is 0. The van der Waals surface area contributed by atoms with Gasteiger partial charge >= 0.3 is 4.87 Å². The molecule has 5 rings (SSSR count). The van der Waals surface area contributed by atoms with Gasteiger partial charge in [-0.3, -0.25) is 24.5 Å². The number of nitro benzene ring substituents is 1. The normalized spacial score (nSPS) is 22.3. The molecule has 2 aliphatic heterocycles. The van der Waals surface area contributed by atoms with E-state index in [2.05, 4.69) is 4.98 Å². The van der Waals surface area contributed by atoms with E-state index in [9.17, 15) is 29.6 Å².